The van der Waals surface area contributed by atoms with Gasteiger partial charge in [0.15, 0.2) is 0 Å². The van der Waals surface area contributed by atoms with E-state index in [1.165, 1.54) is 33.0 Å². The Morgan fingerprint density at radius 2 is 1.54 bits per heavy atom. The van der Waals surface area contributed by atoms with Gasteiger partial charge in [-0.3, -0.25) is 0 Å². The van der Waals surface area contributed by atoms with E-state index in [4.69, 9.17) is 4.74 Å². The average Bonchev–Trinajstić information content (AvgIpc) is 2.77. The Hall–Kier alpha value is -3.10. The Labute approximate surface area is 166 Å². The standard InChI is InChI=1S/C26H25NO/c1-19(23-11-10-21-7-3-4-8-25(21)17-23)27-18-20-6-5-9-24(16-20)22-12-14-26(28-2)15-13-22/h3-17,19,27H,18H2,1-2H3. The van der Waals surface area contributed by atoms with Crippen molar-refractivity contribution in [2.24, 2.45) is 0 Å². The van der Waals surface area contributed by atoms with E-state index in [0.29, 0.717) is 0 Å². The summed E-state index contributed by atoms with van der Waals surface area (Å²) >= 11 is 0. The van der Waals surface area contributed by atoms with E-state index in [-0.39, 0.29) is 6.04 Å². The Bertz CT molecular complexity index is 1070. The van der Waals surface area contributed by atoms with Crippen molar-refractivity contribution in [3.05, 3.63) is 102 Å². The predicted octanol–water partition coefficient (Wildman–Crippen LogP) is 6.37. The van der Waals surface area contributed by atoms with Crippen LogP contribution >= 0.6 is 0 Å². The molecular weight excluding hydrogens is 342 g/mol. The van der Waals surface area contributed by atoms with Gasteiger partial charge in [0.1, 0.15) is 5.75 Å². The molecule has 0 aliphatic carbocycles. The molecule has 4 aromatic carbocycles. The third-order valence-corrected chi connectivity index (χ3v) is 5.24. The first-order chi connectivity index (χ1) is 13.7. The first-order valence-electron chi connectivity index (χ1n) is 9.68. The number of fused-ring (bicyclic) bond motifs is 1. The lowest BCUT2D eigenvalue weighted by molar-refractivity contribution is 0.415. The molecule has 1 N–H and O–H groups in total. The minimum absolute atomic E-state index is 0.286. The molecule has 0 aromatic heterocycles. The van der Waals surface area contributed by atoms with Gasteiger partial charge in [0, 0.05) is 12.6 Å². The summed E-state index contributed by atoms with van der Waals surface area (Å²) < 4.78 is 5.25. The largest absolute Gasteiger partial charge is 0.497 e. The summed E-state index contributed by atoms with van der Waals surface area (Å²) in [5.74, 6) is 0.880. The van der Waals surface area contributed by atoms with Gasteiger partial charge < -0.3 is 10.1 Å². The van der Waals surface area contributed by atoms with Crippen LogP contribution < -0.4 is 10.1 Å². The number of hydrogen-bond acceptors (Lipinski definition) is 2. The van der Waals surface area contributed by atoms with E-state index in [9.17, 15) is 0 Å². The number of nitrogens with one attached hydrogen (secondary N) is 1. The van der Waals surface area contributed by atoms with Crippen LogP contribution in [-0.2, 0) is 6.54 Å². The Balaban J connectivity index is 1.46. The number of rotatable bonds is 6. The molecule has 4 aromatic rings. The first-order valence-corrected chi connectivity index (χ1v) is 9.68. The topological polar surface area (TPSA) is 21.3 Å². The van der Waals surface area contributed by atoms with Crippen molar-refractivity contribution in [3.8, 4) is 16.9 Å². The number of methoxy groups -OCH3 is 1. The van der Waals surface area contributed by atoms with E-state index in [2.05, 4.69) is 91.1 Å². The third kappa shape index (κ3) is 4.08. The summed E-state index contributed by atoms with van der Waals surface area (Å²) in [7, 11) is 1.69. The van der Waals surface area contributed by atoms with Crippen molar-refractivity contribution in [1.82, 2.24) is 5.32 Å². The molecule has 2 nitrogen and oxygen atoms in total. The zero-order valence-corrected chi connectivity index (χ0v) is 16.4. The minimum atomic E-state index is 0.286. The van der Waals surface area contributed by atoms with Crippen molar-refractivity contribution in [2.45, 2.75) is 19.5 Å². The zero-order chi connectivity index (χ0) is 19.3. The van der Waals surface area contributed by atoms with Gasteiger partial charge in [0.05, 0.1) is 7.11 Å². The highest BCUT2D eigenvalue weighted by molar-refractivity contribution is 5.83. The lowest BCUT2D eigenvalue weighted by Crippen LogP contribution is -2.18. The molecule has 0 heterocycles. The summed E-state index contributed by atoms with van der Waals surface area (Å²) in [5.41, 5.74) is 5.01. The highest BCUT2D eigenvalue weighted by atomic mass is 16.5. The smallest absolute Gasteiger partial charge is 0.118 e. The molecule has 0 saturated heterocycles. The van der Waals surface area contributed by atoms with Gasteiger partial charge in [-0.1, -0.05) is 66.7 Å². The zero-order valence-electron chi connectivity index (χ0n) is 16.4. The van der Waals surface area contributed by atoms with E-state index in [0.717, 1.165) is 12.3 Å². The molecule has 0 bridgehead atoms. The summed E-state index contributed by atoms with van der Waals surface area (Å²) in [4.78, 5) is 0. The monoisotopic (exact) mass is 367 g/mol. The second kappa shape index (κ2) is 8.28. The van der Waals surface area contributed by atoms with Crippen LogP contribution in [0.4, 0.5) is 0 Å². The fourth-order valence-electron chi connectivity index (χ4n) is 3.51. The fraction of sp³-hybridized carbons (Fsp3) is 0.154. The van der Waals surface area contributed by atoms with Crippen molar-refractivity contribution in [2.75, 3.05) is 7.11 Å². The third-order valence-electron chi connectivity index (χ3n) is 5.24. The van der Waals surface area contributed by atoms with Gasteiger partial charge in [-0.05, 0) is 64.2 Å². The number of hydrogen-bond donors (Lipinski definition) is 1. The average molecular weight is 367 g/mol. The lowest BCUT2D eigenvalue weighted by atomic mass is 10.0. The number of ether oxygens (including phenoxy) is 1. The molecule has 0 spiro atoms. The predicted molar refractivity (Wildman–Crippen MR) is 118 cm³/mol. The minimum Gasteiger partial charge on any atom is -0.497 e. The van der Waals surface area contributed by atoms with Crippen molar-refractivity contribution in [3.63, 3.8) is 0 Å². The maximum Gasteiger partial charge on any atom is 0.118 e. The van der Waals surface area contributed by atoms with Crippen LogP contribution in [0.2, 0.25) is 0 Å². The summed E-state index contributed by atoms with van der Waals surface area (Å²) in [6, 6.07) is 32.4. The van der Waals surface area contributed by atoms with Gasteiger partial charge >= 0.3 is 0 Å². The second-order valence-corrected chi connectivity index (χ2v) is 7.14. The molecule has 0 saturated carbocycles. The molecule has 2 heteroatoms. The van der Waals surface area contributed by atoms with Gasteiger partial charge in [0.2, 0.25) is 0 Å². The molecule has 0 amide bonds. The summed E-state index contributed by atoms with van der Waals surface area (Å²) in [6.45, 7) is 3.05. The van der Waals surface area contributed by atoms with Crippen LogP contribution in [0.15, 0.2) is 91.0 Å². The molecular formula is C26H25NO. The maximum absolute atomic E-state index is 5.25. The van der Waals surface area contributed by atoms with Gasteiger partial charge in [-0.15, -0.1) is 0 Å². The normalized spacial score (nSPS) is 12.1. The van der Waals surface area contributed by atoms with Crippen LogP contribution in [0.5, 0.6) is 5.75 Å². The first kappa shape index (κ1) is 18.3. The Morgan fingerprint density at radius 3 is 2.32 bits per heavy atom. The summed E-state index contributed by atoms with van der Waals surface area (Å²) in [5, 5.41) is 6.23. The van der Waals surface area contributed by atoms with Gasteiger partial charge in [-0.2, -0.15) is 0 Å². The van der Waals surface area contributed by atoms with E-state index in [1.54, 1.807) is 7.11 Å². The molecule has 0 aliphatic rings. The van der Waals surface area contributed by atoms with Crippen LogP contribution in [0.3, 0.4) is 0 Å². The van der Waals surface area contributed by atoms with Crippen LogP contribution in [0.1, 0.15) is 24.1 Å². The van der Waals surface area contributed by atoms with Crippen molar-refractivity contribution >= 4 is 10.8 Å². The molecule has 28 heavy (non-hydrogen) atoms. The van der Waals surface area contributed by atoms with Crippen molar-refractivity contribution < 1.29 is 4.74 Å². The SMILES string of the molecule is COc1ccc(-c2cccc(CNC(C)c3ccc4ccccc4c3)c2)cc1. The molecule has 0 radical (unpaired) electrons. The molecule has 1 atom stereocenters. The molecule has 0 fully saturated rings. The highest BCUT2D eigenvalue weighted by Crippen LogP contribution is 2.24. The van der Waals surface area contributed by atoms with Gasteiger partial charge in [-0.25, -0.2) is 0 Å². The Kier molecular flexibility index (Phi) is 5.41. The van der Waals surface area contributed by atoms with Crippen molar-refractivity contribution in [1.29, 1.82) is 0 Å². The highest BCUT2D eigenvalue weighted by Gasteiger charge is 2.07. The van der Waals surface area contributed by atoms with Crippen LogP contribution in [-0.4, -0.2) is 7.11 Å². The molecule has 4 rings (SSSR count). The van der Waals surface area contributed by atoms with E-state index >= 15 is 0 Å². The summed E-state index contributed by atoms with van der Waals surface area (Å²) in [6.07, 6.45) is 0. The molecule has 0 aliphatic heterocycles. The molecule has 140 valence electrons. The van der Waals surface area contributed by atoms with E-state index < -0.39 is 0 Å². The lowest BCUT2D eigenvalue weighted by Gasteiger charge is -2.16. The quantitative estimate of drug-likeness (QED) is 0.428. The fourth-order valence-corrected chi connectivity index (χ4v) is 3.51. The molecule has 1 unspecified atom stereocenters. The van der Waals surface area contributed by atoms with E-state index in [1.807, 2.05) is 12.1 Å². The maximum atomic E-state index is 5.25. The second-order valence-electron chi connectivity index (χ2n) is 7.14. The Morgan fingerprint density at radius 1 is 0.750 bits per heavy atom. The number of benzene rings is 4. The van der Waals surface area contributed by atoms with Crippen LogP contribution in [0, 0.1) is 0 Å². The van der Waals surface area contributed by atoms with Gasteiger partial charge in [0.25, 0.3) is 0 Å². The van der Waals surface area contributed by atoms with Crippen LogP contribution in [0.25, 0.3) is 21.9 Å².